The lowest BCUT2D eigenvalue weighted by Gasteiger charge is -2.43. The number of aliphatic carboxylic acids is 1. The van der Waals surface area contributed by atoms with Gasteiger partial charge in [0.15, 0.2) is 6.61 Å². The van der Waals surface area contributed by atoms with Crippen LogP contribution in [0.15, 0.2) is 60.7 Å². The van der Waals surface area contributed by atoms with E-state index in [0.29, 0.717) is 5.75 Å². The number of ether oxygens (including phenoxy) is 2. The van der Waals surface area contributed by atoms with Crippen molar-refractivity contribution in [1.29, 1.82) is 0 Å². The zero-order valence-corrected chi connectivity index (χ0v) is 16.8. The van der Waals surface area contributed by atoms with E-state index >= 15 is 0 Å². The first kappa shape index (κ1) is 21.1. The van der Waals surface area contributed by atoms with Crippen molar-refractivity contribution in [2.75, 3.05) is 6.61 Å². The Kier molecular flexibility index (Phi) is 6.70. The molecule has 1 fully saturated rings. The number of hydrogen-bond acceptors (Lipinski definition) is 3. The summed E-state index contributed by atoms with van der Waals surface area (Å²) in [6.45, 7) is 7.83. The summed E-state index contributed by atoms with van der Waals surface area (Å²) in [4.78, 5) is 11.0. The minimum absolute atomic E-state index is 0.0300. The number of para-hydroxylation sites is 1. The zero-order chi connectivity index (χ0) is 21.0. The average molecular weight is 398 g/mol. The Hall–Kier alpha value is -2.66. The summed E-state index contributed by atoms with van der Waals surface area (Å²) >= 11 is 0. The number of carboxylic acids is 1. The molecular formula is C24H27FO4. The molecular weight excluding hydrogens is 371 g/mol. The molecule has 0 bridgehead atoms. The van der Waals surface area contributed by atoms with Crippen LogP contribution in [0.3, 0.4) is 0 Å². The van der Waals surface area contributed by atoms with Crippen molar-refractivity contribution >= 4 is 5.97 Å². The van der Waals surface area contributed by atoms with Crippen LogP contribution < -0.4 is 4.74 Å². The molecule has 3 rings (SSSR count). The van der Waals surface area contributed by atoms with Crippen molar-refractivity contribution in [3.63, 3.8) is 0 Å². The Balaban J connectivity index is 1.93. The highest BCUT2D eigenvalue weighted by Gasteiger charge is 2.40. The van der Waals surface area contributed by atoms with E-state index in [9.17, 15) is 9.18 Å². The maximum Gasteiger partial charge on any atom is 0.341 e. The van der Waals surface area contributed by atoms with Crippen LogP contribution in [0.1, 0.15) is 49.8 Å². The lowest BCUT2D eigenvalue weighted by atomic mass is 9.75. The molecule has 1 aliphatic rings. The quantitative estimate of drug-likeness (QED) is 0.625. The third-order valence-corrected chi connectivity index (χ3v) is 5.55. The summed E-state index contributed by atoms with van der Waals surface area (Å²) in [5.41, 5.74) is 2.88. The second-order valence-electron chi connectivity index (χ2n) is 7.57. The maximum absolute atomic E-state index is 13.4. The monoisotopic (exact) mass is 398 g/mol. The summed E-state index contributed by atoms with van der Waals surface area (Å²) in [5.74, 6) is -0.602. The minimum Gasteiger partial charge on any atom is -0.482 e. The van der Waals surface area contributed by atoms with Crippen LogP contribution in [0.5, 0.6) is 5.75 Å². The Morgan fingerprint density at radius 2 is 1.93 bits per heavy atom. The van der Waals surface area contributed by atoms with E-state index in [-0.39, 0.29) is 29.9 Å². The van der Waals surface area contributed by atoms with E-state index < -0.39 is 12.6 Å². The molecule has 154 valence electrons. The lowest BCUT2D eigenvalue weighted by molar-refractivity contribution is -0.139. The van der Waals surface area contributed by atoms with Crippen molar-refractivity contribution in [1.82, 2.24) is 0 Å². The molecule has 29 heavy (non-hydrogen) atoms. The summed E-state index contributed by atoms with van der Waals surface area (Å²) in [6.07, 6.45) is 1.30. The van der Waals surface area contributed by atoms with E-state index in [1.807, 2.05) is 37.3 Å². The number of rotatable bonds is 7. The second-order valence-corrected chi connectivity index (χ2v) is 7.57. The van der Waals surface area contributed by atoms with Crippen molar-refractivity contribution in [3.05, 3.63) is 77.6 Å². The zero-order valence-electron chi connectivity index (χ0n) is 16.8. The van der Waals surface area contributed by atoms with Crippen molar-refractivity contribution in [3.8, 4) is 5.75 Å². The summed E-state index contributed by atoms with van der Waals surface area (Å²) < 4.78 is 25.5. The maximum atomic E-state index is 13.4. The van der Waals surface area contributed by atoms with Gasteiger partial charge in [0.2, 0.25) is 0 Å². The van der Waals surface area contributed by atoms with Gasteiger partial charge in [0.05, 0.1) is 12.2 Å². The SMILES string of the molecule is C=C(C)[C@H]1C[C@H](c2ccc(F)cc2)[C@H](CC)O[C@@H]1c1ccccc1OCC(=O)O. The lowest BCUT2D eigenvalue weighted by Crippen LogP contribution is -2.36. The van der Waals surface area contributed by atoms with Crippen LogP contribution in [0.4, 0.5) is 4.39 Å². The second kappa shape index (κ2) is 9.23. The molecule has 1 saturated heterocycles. The summed E-state index contributed by atoms with van der Waals surface area (Å²) in [7, 11) is 0. The molecule has 2 aromatic carbocycles. The first-order valence-electron chi connectivity index (χ1n) is 9.90. The van der Waals surface area contributed by atoms with Crippen LogP contribution in [0.25, 0.3) is 0 Å². The molecule has 5 heteroatoms. The number of benzene rings is 2. The Bertz CT molecular complexity index is 861. The Labute approximate surface area is 171 Å². The smallest absolute Gasteiger partial charge is 0.341 e. The molecule has 0 aromatic heterocycles. The molecule has 1 N–H and O–H groups in total. The molecule has 0 aliphatic carbocycles. The van der Waals surface area contributed by atoms with Gasteiger partial charge in [0.25, 0.3) is 0 Å². The normalized spacial score (nSPS) is 24.1. The third-order valence-electron chi connectivity index (χ3n) is 5.55. The van der Waals surface area contributed by atoms with Gasteiger partial charge in [0.1, 0.15) is 11.6 Å². The molecule has 0 unspecified atom stereocenters. The van der Waals surface area contributed by atoms with Gasteiger partial charge in [-0.05, 0) is 43.5 Å². The average Bonchev–Trinajstić information content (AvgIpc) is 2.72. The van der Waals surface area contributed by atoms with Crippen molar-refractivity contribution in [2.45, 2.75) is 44.8 Å². The predicted molar refractivity (Wildman–Crippen MR) is 110 cm³/mol. The van der Waals surface area contributed by atoms with Gasteiger partial charge in [0, 0.05) is 17.4 Å². The van der Waals surface area contributed by atoms with Crippen molar-refractivity contribution in [2.24, 2.45) is 5.92 Å². The number of carboxylic acid groups (broad SMARTS) is 1. The predicted octanol–water partition coefficient (Wildman–Crippen LogP) is 5.51. The third kappa shape index (κ3) is 4.85. The molecule has 4 nitrogen and oxygen atoms in total. The van der Waals surface area contributed by atoms with E-state index in [1.54, 1.807) is 6.07 Å². The van der Waals surface area contributed by atoms with Crippen LogP contribution in [0.2, 0.25) is 0 Å². The highest BCUT2D eigenvalue weighted by Crippen LogP contribution is 2.48. The van der Waals surface area contributed by atoms with Gasteiger partial charge in [-0.25, -0.2) is 9.18 Å². The molecule has 0 radical (unpaired) electrons. The van der Waals surface area contributed by atoms with Gasteiger partial charge in [-0.2, -0.15) is 0 Å². The largest absolute Gasteiger partial charge is 0.482 e. The fourth-order valence-electron chi connectivity index (χ4n) is 4.10. The molecule has 1 heterocycles. The summed E-state index contributed by atoms with van der Waals surface area (Å²) in [6, 6.07) is 14.0. The number of hydrogen-bond donors (Lipinski definition) is 1. The molecule has 1 aliphatic heterocycles. The van der Waals surface area contributed by atoms with E-state index in [4.69, 9.17) is 14.6 Å². The van der Waals surface area contributed by atoms with Gasteiger partial charge >= 0.3 is 5.97 Å². The van der Waals surface area contributed by atoms with Crippen LogP contribution >= 0.6 is 0 Å². The van der Waals surface area contributed by atoms with Gasteiger partial charge in [-0.15, -0.1) is 0 Å². The molecule has 0 amide bonds. The fraction of sp³-hybridized carbons (Fsp3) is 0.375. The number of halogens is 1. The Morgan fingerprint density at radius 3 is 2.55 bits per heavy atom. The summed E-state index contributed by atoms with van der Waals surface area (Å²) in [5, 5.41) is 8.98. The first-order chi connectivity index (χ1) is 13.9. The van der Waals surface area contributed by atoms with Crippen molar-refractivity contribution < 1.29 is 23.8 Å². The van der Waals surface area contributed by atoms with Gasteiger partial charge in [-0.1, -0.05) is 49.4 Å². The molecule has 0 saturated carbocycles. The highest BCUT2D eigenvalue weighted by atomic mass is 19.1. The molecule has 0 spiro atoms. The first-order valence-corrected chi connectivity index (χ1v) is 9.90. The van der Waals surface area contributed by atoms with E-state index in [2.05, 4.69) is 13.5 Å². The van der Waals surface area contributed by atoms with Gasteiger partial charge in [-0.3, -0.25) is 0 Å². The molecule has 4 atom stereocenters. The minimum atomic E-state index is -1.02. The van der Waals surface area contributed by atoms with Crippen LogP contribution in [-0.4, -0.2) is 23.8 Å². The standard InChI is InChI=1S/C24H27FO4/c1-4-21-20(16-9-11-17(25)12-10-16)13-19(15(2)3)24(29-21)18-7-5-6-8-22(18)28-14-23(26)27/h5-12,19-21,24H,2,4,13-14H2,1,3H3,(H,26,27)/t19-,20-,21+,24-/m1/s1. The fourth-order valence-corrected chi connectivity index (χ4v) is 4.10. The Morgan fingerprint density at radius 1 is 1.24 bits per heavy atom. The highest BCUT2D eigenvalue weighted by molar-refractivity contribution is 5.68. The topological polar surface area (TPSA) is 55.8 Å². The van der Waals surface area contributed by atoms with Gasteiger partial charge < -0.3 is 14.6 Å². The van der Waals surface area contributed by atoms with E-state index in [0.717, 1.165) is 29.5 Å². The van der Waals surface area contributed by atoms with Crippen LogP contribution in [0, 0.1) is 11.7 Å². The van der Waals surface area contributed by atoms with E-state index in [1.165, 1.54) is 12.1 Å². The molecule has 2 aromatic rings. The number of carbonyl (C=O) groups is 1. The van der Waals surface area contributed by atoms with Crippen LogP contribution in [-0.2, 0) is 9.53 Å².